The number of allylic oxidation sites excluding steroid dienone is 1. The maximum atomic E-state index is 14.8. The van der Waals surface area contributed by atoms with Crippen LogP contribution < -0.4 is 9.64 Å². The van der Waals surface area contributed by atoms with Gasteiger partial charge in [-0.2, -0.15) is 0 Å². The average Bonchev–Trinajstić information content (AvgIpc) is 3.74. The number of rotatable bonds is 5. The van der Waals surface area contributed by atoms with Crippen molar-refractivity contribution < 1.29 is 38.5 Å². The van der Waals surface area contributed by atoms with Gasteiger partial charge in [0.15, 0.2) is 0 Å². The molecule has 2 saturated heterocycles. The van der Waals surface area contributed by atoms with E-state index in [-0.39, 0.29) is 18.9 Å². The van der Waals surface area contributed by atoms with Crippen molar-refractivity contribution >= 4 is 29.4 Å². The average molecular weight is 644 g/mol. The Morgan fingerprint density at radius 2 is 1.74 bits per heavy atom. The molecule has 2 aromatic carbocycles. The van der Waals surface area contributed by atoms with Crippen LogP contribution in [-0.2, 0) is 28.7 Å². The third-order valence-corrected chi connectivity index (χ3v) is 10.0. The first-order valence-corrected chi connectivity index (χ1v) is 16.0. The number of hydrogen-bond acceptors (Lipinski definition) is 8. The van der Waals surface area contributed by atoms with E-state index in [1.165, 1.54) is 4.90 Å². The van der Waals surface area contributed by atoms with Gasteiger partial charge in [0.2, 0.25) is 11.8 Å². The number of likely N-dealkylation sites (tertiary alicyclic amines) is 1. The van der Waals surface area contributed by atoms with Crippen molar-refractivity contribution in [1.82, 2.24) is 9.80 Å². The van der Waals surface area contributed by atoms with Crippen LogP contribution in [0.3, 0.4) is 0 Å². The van der Waals surface area contributed by atoms with Crippen LogP contribution >= 0.6 is 0 Å². The molecule has 4 heterocycles. The number of esters is 1. The minimum Gasteiger partial charge on any atom is -0.497 e. The summed E-state index contributed by atoms with van der Waals surface area (Å²) in [6.45, 7) is 3.26. The molecule has 0 radical (unpaired) electrons. The zero-order valence-corrected chi connectivity index (χ0v) is 27.0. The lowest BCUT2D eigenvalue weighted by molar-refractivity contribution is -0.164. The predicted octanol–water partition coefficient (Wildman–Crippen LogP) is 3.04. The quantitative estimate of drug-likeness (QED) is 0.390. The first-order valence-electron chi connectivity index (χ1n) is 16.0. The Hall–Kier alpha value is -4.48. The smallest absolute Gasteiger partial charge is 0.313 e. The summed E-state index contributed by atoms with van der Waals surface area (Å²) < 4.78 is 18.1. The Balaban J connectivity index is 1.46. The van der Waals surface area contributed by atoms with Gasteiger partial charge in [-0.25, -0.2) is 0 Å². The Kier molecular flexibility index (Phi) is 8.95. The van der Waals surface area contributed by atoms with Gasteiger partial charge in [0.1, 0.15) is 29.4 Å². The van der Waals surface area contributed by atoms with Gasteiger partial charge in [-0.15, -0.1) is 0 Å². The van der Waals surface area contributed by atoms with Crippen molar-refractivity contribution in [2.24, 2.45) is 11.8 Å². The molecule has 4 aliphatic rings. The van der Waals surface area contributed by atoms with Crippen LogP contribution in [0, 0.1) is 11.8 Å². The minimum atomic E-state index is -1.45. The summed E-state index contributed by atoms with van der Waals surface area (Å²) >= 11 is 0. The molecule has 6 rings (SSSR count). The zero-order valence-electron chi connectivity index (χ0n) is 27.0. The number of aliphatic hydroxyl groups excluding tert-OH is 1. The second kappa shape index (κ2) is 13.0. The molecule has 4 aliphatic heterocycles. The summed E-state index contributed by atoms with van der Waals surface area (Å²) in [7, 11) is 3.24. The normalized spacial score (nSPS) is 32.4. The fourth-order valence-electron chi connectivity index (χ4n) is 7.35. The molecule has 11 heteroatoms. The molecule has 248 valence electrons. The molecule has 3 amide bonds. The maximum Gasteiger partial charge on any atom is 0.313 e. The minimum absolute atomic E-state index is 0.125. The highest BCUT2D eigenvalue weighted by atomic mass is 16.6. The molecule has 8 atom stereocenters. The summed E-state index contributed by atoms with van der Waals surface area (Å²) in [5.41, 5.74) is -0.184. The van der Waals surface area contributed by atoms with Gasteiger partial charge < -0.3 is 34.0 Å². The predicted molar refractivity (Wildman–Crippen MR) is 172 cm³/mol. The number of methoxy groups -OCH3 is 1. The van der Waals surface area contributed by atoms with Crippen LogP contribution in [0.25, 0.3) is 0 Å². The molecular formula is C36H41N3O8. The number of nitrogens with zero attached hydrogens (tertiary/aromatic N) is 3. The lowest BCUT2D eigenvalue weighted by Crippen LogP contribution is -2.58. The van der Waals surface area contributed by atoms with Crippen LogP contribution in [0.15, 0.2) is 78.9 Å². The van der Waals surface area contributed by atoms with Crippen molar-refractivity contribution in [2.45, 2.75) is 62.6 Å². The third kappa shape index (κ3) is 5.51. The molecule has 11 nitrogen and oxygen atoms in total. The van der Waals surface area contributed by atoms with Gasteiger partial charge >= 0.3 is 5.97 Å². The lowest BCUT2D eigenvalue weighted by Gasteiger charge is -2.37. The molecule has 0 aromatic heterocycles. The van der Waals surface area contributed by atoms with Gasteiger partial charge in [0.05, 0.1) is 37.8 Å². The maximum absolute atomic E-state index is 14.8. The van der Waals surface area contributed by atoms with E-state index in [0.29, 0.717) is 23.4 Å². The van der Waals surface area contributed by atoms with Crippen molar-refractivity contribution in [3.8, 4) is 5.75 Å². The van der Waals surface area contributed by atoms with Crippen molar-refractivity contribution in [3.63, 3.8) is 0 Å². The first kappa shape index (κ1) is 32.5. The second-order valence-corrected chi connectivity index (χ2v) is 12.6. The van der Waals surface area contributed by atoms with Gasteiger partial charge in [-0.05, 0) is 50.1 Å². The highest BCUT2D eigenvalue weighted by Crippen LogP contribution is 2.56. The number of likely N-dealkylation sites (N-methyl/N-ethyl adjacent to an activating group) is 1. The van der Waals surface area contributed by atoms with E-state index in [1.807, 2.05) is 49.4 Å². The van der Waals surface area contributed by atoms with E-state index in [4.69, 9.17) is 14.2 Å². The number of hydrogen-bond donors (Lipinski definition) is 1. The number of anilines is 1. The zero-order chi connectivity index (χ0) is 33.5. The molecular weight excluding hydrogens is 602 g/mol. The second-order valence-electron chi connectivity index (χ2n) is 12.6. The van der Waals surface area contributed by atoms with Crippen LogP contribution in [0.2, 0.25) is 0 Å². The van der Waals surface area contributed by atoms with E-state index in [1.54, 1.807) is 67.3 Å². The van der Waals surface area contributed by atoms with E-state index in [2.05, 4.69) is 0 Å². The van der Waals surface area contributed by atoms with E-state index < -0.39 is 72.2 Å². The molecule has 0 unspecified atom stereocenters. The fourth-order valence-corrected chi connectivity index (χ4v) is 7.35. The number of ether oxygens (including phenoxy) is 3. The molecule has 5 bridgehead atoms. The Morgan fingerprint density at radius 3 is 2.43 bits per heavy atom. The fraction of sp³-hybridized carbons (Fsp3) is 0.444. The van der Waals surface area contributed by atoms with Crippen molar-refractivity contribution in [1.29, 1.82) is 0 Å². The van der Waals surface area contributed by atoms with Crippen LogP contribution in [0.4, 0.5) is 5.69 Å². The monoisotopic (exact) mass is 643 g/mol. The van der Waals surface area contributed by atoms with Crippen LogP contribution in [0.1, 0.15) is 38.4 Å². The third-order valence-electron chi connectivity index (χ3n) is 10.0. The van der Waals surface area contributed by atoms with Crippen LogP contribution in [0.5, 0.6) is 5.75 Å². The van der Waals surface area contributed by atoms with Gasteiger partial charge in [0.25, 0.3) is 5.91 Å². The first-order chi connectivity index (χ1) is 22.6. The molecule has 2 aromatic rings. The summed E-state index contributed by atoms with van der Waals surface area (Å²) in [6, 6.07) is 13.8. The van der Waals surface area contributed by atoms with E-state index in [9.17, 15) is 24.3 Å². The number of carbonyl (C=O) groups is 4. The molecule has 2 fully saturated rings. The van der Waals surface area contributed by atoms with E-state index >= 15 is 0 Å². The molecule has 47 heavy (non-hydrogen) atoms. The number of aliphatic hydroxyl groups is 1. The Bertz CT molecular complexity index is 1580. The highest BCUT2D eigenvalue weighted by Gasteiger charge is 2.74. The van der Waals surface area contributed by atoms with Gasteiger partial charge in [-0.1, -0.05) is 54.6 Å². The lowest BCUT2D eigenvalue weighted by atomic mass is 9.74. The molecule has 0 aliphatic carbocycles. The van der Waals surface area contributed by atoms with Crippen LogP contribution in [-0.4, -0.2) is 95.7 Å². The summed E-state index contributed by atoms with van der Waals surface area (Å²) in [5.74, 6) is -3.14. The number of cyclic esters (lactones) is 1. The summed E-state index contributed by atoms with van der Waals surface area (Å²) in [5, 5.41) is 10.3. The Morgan fingerprint density at radius 1 is 1.02 bits per heavy atom. The number of benzene rings is 2. The summed E-state index contributed by atoms with van der Waals surface area (Å²) in [6.07, 6.45) is 6.17. The SMILES string of the molecule is COc1ccc(N2C/C=C\CCC(=O)N(C)[C@@H](C)[C@H](c3ccccc3)OC(=O)[C@@H]3[C@H]4C(=O)N([C@H](C)CO)[C@H](C2=O)[C@]42C=C[C@H]3O2)cc1. The highest BCUT2D eigenvalue weighted by molar-refractivity contribution is 6.05. The molecule has 1 N–H and O–H groups in total. The number of amides is 3. The number of fused-ring (bicyclic) bond motifs is 2. The van der Waals surface area contributed by atoms with Gasteiger partial charge in [0, 0.05) is 25.7 Å². The Labute approximate surface area is 274 Å². The molecule has 0 saturated carbocycles. The molecule has 1 spiro atoms. The van der Waals surface area contributed by atoms with Crippen molar-refractivity contribution in [3.05, 3.63) is 84.5 Å². The standard InChI is InChI=1S/C36H41N3O8/c1-22(21-40)39-32-34(43)38(25-14-16-26(45-4)17-15-25)20-10-6-9-13-28(41)37(3)23(2)31(24-11-7-5-8-12-24)46-35(44)29-27-18-19-36(32,47-27)30(29)33(39)42/h5-8,10-12,14-19,22-23,27,29-32,40H,9,13,20-21H2,1-4H3/b10-6-/t22-,23+,27-,29+,30+,31-,32-,36+/m1/s1. The topological polar surface area (TPSA) is 126 Å². The summed E-state index contributed by atoms with van der Waals surface area (Å²) in [4.78, 5) is 61.3. The van der Waals surface area contributed by atoms with E-state index in [0.717, 1.165) is 0 Å². The van der Waals surface area contributed by atoms with Gasteiger partial charge in [-0.3, -0.25) is 19.2 Å². The largest absolute Gasteiger partial charge is 0.497 e. The number of carbonyl (C=O) groups excluding carboxylic acids is 4. The van der Waals surface area contributed by atoms with Crippen molar-refractivity contribution in [2.75, 3.05) is 32.2 Å².